The van der Waals surface area contributed by atoms with Gasteiger partial charge in [0.25, 0.3) is 0 Å². The molecule has 1 amide bonds. The second-order valence-corrected chi connectivity index (χ2v) is 2.76. The molecule has 1 aliphatic heterocycles. The predicted octanol–water partition coefficient (Wildman–Crippen LogP) is -0.00730. The average molecular weight is 154 g/mol. The van der Waals surface area contributed by atoms with Crippen molar-refractivity contribution in [2.24, 2.45) is 0 Å². The first-order valence-electron chi connectivity index (χ1n) is 3.86. The van der Waals surface area contributed by atoms with Crippen LogP contribution >= 0.6 is 0 Å². The van der Waals surface area contributed by atoms with E-state index in [9.17, 15) is 4.79 Å². The Hall–Kier alpha value is -0.830. The monoisotopic (exact) mass is 154 g/mol. The van der Waals surface area contributed by atoms with E-state index in [0.717, 1.165) is 19.5 Å². The molecule has 0 aromatic rings. The summed E-state index contributed by atoms with van der Waals surface area (Å²) in [4.78, 5) is 12.9. The molecule has 0 aliphatic carbocycles. The summed E-state index contributed by atoms with van der Waals surface area (Å²) >= 11 is 0. The number of hydrogen-bond acceptors (Lipinski definition) is 2. The van der Waals surface area contributed by atoms with Crippen molar-refractivity contribution < 1.29 is 4.79 Å². The molecular formula is C8H14N2O. The molecule has 62 valence electrons. The van der Waals surface area contributed by atoms with Crippen LogP contribution in [0.5, 0.6) is 0 Å². The Morgan fingerprint density at radius 2 is 2.55 bits per heavy atom. The van der Waals surface area contributed by atoms with Gasteiger partial charge in [-0.25, -0.2) is 0 Å². The molecule has 0 saturated carbocycles. The van der Waals surface area contributed by atoms with E-state index in [1.54, 1.807) is 0 Å². The van der Waals surface area contributed by atoms with Crippen LogP contribution in [0.3, 0.4) is 0 Å². The van der Waals surface area contributed by atoms with Crippen LogP contribution in [-0.4, -0.2) is 37.0 Å². The Labute approximate surface area is 67.1 Å². The van der Waals surface area contributed by atoms with Gasteiger partial charge in [0, 0.05) is 19.1 Å². The molecule has 11 heavy (non-hydrogen) atoms. The zero-order valence-electron chi connectivity index (χ0n) is 6.84. The molecule has 0 spiro atoms. The fourth-order valence-electron chi connectivity index (χ4n) is 1.33. The van der Waals surface area contributed by atoms with Crippen LogP contribution in [0, 0.1) is 0 Å². The van der Waals surface area contributed by atoms with Gasteiger partial charge in [-0.3, -0.25) is 4.79 Å². The number of hydrogen-bond donors (Lipinski definition) is 1. The lowest BCUT2D eigenvalue weighted by Gasteiger charge is -2.13. The smallest absolute Gasteiger partial charge is 0.246 e. The van der Waals surface area contributed by atoms with Crippen LogP contribution in [0.25, 0.3) is 0 Å². The molecule has 1 fully saturated rings. The summed E-state index contributed by atoms with van der Waals surface area (Å²) in [6.45, 7) is 5.12. The number of amides is 1. The van der Waals surface area contributed by atoms with E-state index >= 15 is 0 Å². The maximum atomic E-state index is 11.1. The van der Waals surface area contributed by atoms with Crippen molar-refractivity contribution in [1.82, 2.24) is 10.2 Å². The fourth-order valence-corrected chi connectivity index (χ4v) is 1.33. The first-order valence-corrected chi connectivity index (χ1v) is 3.86. The predicted molar refractivity (Wildman–Crippen MR) is 44.2 cm³/mol. The lowest BCUT2D eigenvalue weighted by atomic mass is 10.3. The van der Waals surface area contributed by atoms with Crippen molar-refractivity contribution in [2.75, 3.05) is 20.1 Å². The molecule has 1 saturated heterocycles. The van der Waals surface area contributed by atoms with Gasteiger partial charge in [0.15, 0.2) is 0 Å². The van der Waals surface area contributed by atoms with Crippen molar-refractivity contribution in [2.45, 2.75) is 12.5 Å². The fraction of sp³-hybridized carbons (Fsp3) is 0.625. The number of rotatable bonds is 2. The second kappa shape index (κ2) is 3.53. The van der Waals surface area contributed by atoms with Gasteiger partial charge in [0.2, 0.25) is 5.91 Å². The normalized spacial score (nSPS) is 23.7. The number of carbonyl (C=O) groups excluding carboxylic acids is 1. The lowest BCUT2D eigenvalue weighted by molar-refractivity contribution is -0.125. The molecule has 0 aromatic carbocycles. The molecule has 3 heteroatoms. The quantitative estimate of drug-likeness (QED) is 0.567. The van der Waals surface area contributed by atoms with Crippen LogP contribution < -0.4 is 5.32 Å². The third kappa shape index (κ3) is 1.80. The van der Waals surface area contributed by atoms with E-state index in [2.05, 4.69) is 11.9 Å². The highest BCUT2D eigenvalue weighted by Gasteiger charge is 2.22. The molecule has 1 atom stereocenters. The standard InChI is InChI=1S/C8H14N2O/c1-3-8(11)10-5-4-7(6-10)9-2/h3,7,9H,1,4-6H2,2H3/t7-/m1/s1. The first-order chi connectivity index (χ1) is 5.27. The third-order valence-electron chi connectivity index (χ3n) is 2.08. The number of nitrogens with zero attached hydrogens (tertiary/aromatic N) is 1. The Morgan fingerprint density at radius 3 is 3.00 bits per heavy atom. The van der Waals surface area contributed by atoms with E-state index in [1.165, 1.54) is 6.08 Å². The van der Waals surface area contributed by atoms with E-state index in [-0.39, 0.29) is 5.91 Å². The van der Waals surface area contributed by atoms with Gasteiger partial charge >= 0.3 is 0 Å². The molecule has 1 aliphatic rings. The number of likely N-dealkylation sites (N-methyl/N-ethyl adjacent to an activating group) is 1. The second-order valence-electron chi connectivity index (χ2n) is 2.76. The van der Waals surface area contributed by atoms with Crippen LogP contribution in [0.15, 0.2) is 12.7 Å². The van der Waals surface area contributed by atoms with E-state index in [0.29, 0.717) is 6.04 Å². The summed E-state index contributed by atoms with van der Waals surface area (Å²) in [7, 11) is 1.92. The summed E-state index contributed by atoms with van der Waals surface area (Å²) in [5.41, 5.74) is 0. The highest BCUT2D eigenvalue weighted by Crippen LogP contribution is 2.08. The van der Waals surface area contributed by atoms with Crippen molar-refractivity contribution in [1.29, 1.82) is 0 Å². The zero-order chi connectivity index (χ0) is 8.27. The highest BCUT2D eigenvalue weighted by molar-refractivity contribution is 5.87. The summed E-state index contributed by atoms with van der Waals surface area (Å²) in [6.07, 6.45) is 2.42. The maximum Gasteiger partial charge on any atom is 0.246 e. The maximum absolute atomic E-state index is 11.1. The topological polar surface area (TPSA) is 32.3 Å². The number of carbonyl (C=O) groups is 1. The van der Waals surface area contributed by atoms with Gasteiger partial charge in [-0.05, 0) is 19.5 Å². The molecule has 1 N–H and O–H groups in total. The molecule has 3 nitrogen and oxygen atoms in total. The van der Waals surface area contributed by atoms with E-state index in [1.807, 2.05) is 11.9 Å². The number of nitrogens with one attached hydrogen (secondary N) is 1. The van der Waals surface area contributed by atoms with Gasteiger partial charge < -0.3 is 10.2 Å². The SMILES string of the molecule is C=CC(=O)N1CC[C@@H](NC)C1. The van der Waals surface area contributed by atoms with Crippen molar-refractivity contribution in [3.8, 4) is 0 Å². The molecule has 1 rings (SSSR count). The lowest BCUT2D eigenvalue weighted by Crippen LogP contribution is -2.32. The van der Waals surface area contributed by atoms with Crippen molar-refractivity contribution in [3.63, 3.8) is 0 Å². The molecule has 1 heterocycles. The highest BCUT2D eigenvalue weighted by atomic mass is 16.2. The summed E-state index contributed by atoms with van der Waals surface area (Å²) < 4.78 is 0. The van der Waals surface area contributed by atoms with Crippen LogP contribution in [0.2, 0.25) is 0 Å². The molecule has 0 unspecified atom stereocenters. The van der Waals surface area contributed by atoms with Gasteiger partial charge in [-0.2, -0.15) is 0 Å². The van der Waals surface area contributed by atoms with Gasteiger partial charge in [0.1, 0.15) is 0 Å². The van der Waals surface area contributed by atoms with Gasteiger partial charge in [-0.15, -0.1) is 0 Å². The van der Waals surface area contributed by atoms with E-state index in [4.69, 9.17) is 0 Å². The third-order valence-corrected chi connectivity index (χ3v) is 2.08. The summed E-state index contributed by atoms with van der Waals surface area (Å²) in [5.74, 6) is 0.0442. The van der Waals surface area contributed by atoms with Crippen molar-refractivity contribution >= 4 is 5.91 Å². The minimum absolute atomic E-state index is 0.0442. The summed E-state index contributed by atoms with van der Waals surface area (Å²) in [5, 5.41) is 3.14. The van der Waals surface area contributed by atoms with Crippen LogP contribution in [0.4, 0.5) is 0 Å². The molecule has 0 bridgehead atoms. The van der Waals surface area contributed by atoms with E-state index < -0.39 is 0 Å². The first kappa shape index (κ1) is 8.27. The Balaban J connectivity index is 2.41. The molecule has 0 radical (unpaired) electrons. The van der Waals surface area contributed by atoms with Gasteiger partial charge in [-0.1, -0.05) is 6.58 Å². The molecular weight excluding hydrogens is 140 g/mol. The largest absolute Gasteiger partial charge is 0.338 e. The van der Waals surface area contributed by atoms with Crippen molar-refractivity contribution in [3.05, 3.63) is 12.7 Å². The Bertz CT molecular complexity index is 167. The van der Waals surface area contributed by atoms with Crippen LogP contribution in [0.1, 0.15) is 6.42 Å². The molecule has 0 aromatic heterocycles. The summed E-state index contributed by atoms with van der Waals surface area (Å²) in [6, 6.07) is 0.471. The minimum Gasteiger partial charge on any atom is -0.338 e. The Morgan fingerprint density at radius 1 is 1.82 bits per heavy atom. The average Bonchev–Trinajstić information content (AvgIpc) is 2.50. The number of likely N-dealkylation sites (tertiary alicyclic amines) is 1. The van der Waals surface area contributed by atoms with Gasteiger partial charge in [0.05, 0.1) is 0 Å². The van der Waals surface area contributed by atoms with Crippen LogP contribution in [-0.2, 0) is 4.79 Å². The Kier molecular flexibility index (Phi) is 2.65. The minimum atomic E-state index is 0.0442. The zero-order valence-corrected chi connectivity index (χ0v) is 6.84.